The summed E-state index contributed by atoms with van der Waals surface area (Å²) in [4.78, 5) is 0. The van der Waals surface area contributed by atoms with Gasteiger partial charge < -0.3 is 0 Å². The second-order valence-corrected chi connectivity index (χ2v) is 2.99. The molecule has 2 aromatic rings. The van der Waals surface area contributed by atoms with Crippen LogP contribution in [0.1, 0.15) is 12.5 Å². The number of hydrogen-bond acceptors (Lipinski definition) is 1. The highest BCUT2D eigenvalue weighted by molar-refractivity contribution is 5.81. The highest BCUT2D eigenvalue weighted by Crippen LogP contribution is 2.15. The Labute approximate surface area is 71.8 Å². The minimum Gasteiger partial charge on any atom is -0.272 e. The van der Waals surface area contributed by atoms with Gasteiger partial charge in [0, 0.05) is 18.1 Å². The van der Waals surface area contributed by atoms with Gasteiger partial charge in [0.15, 0.2) is 0 Å². The number of benzene rings is 1. The summed E-state index contributed by atoms with van der Waals surface area (Å²) in [5.41, 5.74) is 2.39. The molecule has 2 nitrogen and oxygen atoms in total. The standard InChI is InChI=1S/C10H12N2/c1-3-12-7-9-8(2)5-4-6-10(9)11-12/h4-7H,3H2,1-2H3. The Hall–Kier alpha value is -1.31. The SMILES string of the molecule is CCn1cc2c(C)cccc2n1. The van der Waals surface area contributed by atoms with Gasteiger partial charge in [0.25, 0.3) is 0 Å². The maximum atomic E-state index is 4.41. The first-order chi connectivity index (χ1) is 5.81. The van der Waals surface area contributed by atoms with Crippen molar-refractivity contribution in [2.45, 2.75) is 20.4 Å². The second kappa shape index (κ2) is 2.63. The van der Waals surface area contributed by atoms with Crippen LogP contribution >= 0.6 is 0 Å². The van der Waals surface area contributed by atoms with Gasteiger partial charge in [-0.25, -0.2) is 0 Å². The molecule has 2 rings (SSSR count). The van der Waals surface area contributed by atoms with Crippen LogP contribution in [0.2, 0.25) is 0 Å². The van der Waals surface area contributed by atoms with Gasteiger partial charge >= 0.3 is 0 Å². The summed E-state index contributed by atoms with van der Waals surface area (Å²) in [5.74, 6) is 0. The lowest BCUT2D eigenvalue weighted by Crippen LogP contribution is -1.92. The van der Waals surface area contributed by atoms with Crippen molar-refractivity contribution in [3.63, 3.8) is 0 Å². The number of aryl methyl sites for hydroxylation is 2. The highest BCUT2D eigenvalue weighted by Gasteiger charge is 1.99. The molecule has 0 bridgehead atoms. The van der Waals surface area contributed by atoms with Crippen LogP contribution in [0.15, 0.2) is 24.4 Å². The first-order valence-corrected chi connectivity index (χ1v) is 4.24. The van der Waals surface area contributed by atoms with Crippen molar-refractivity contribution < 1.29 is 0 Å². The lowest BCUT2D eigenvalue weighted by Gasteiger charge is -1.90. The zero-order chi connectivity index (χ0) is 8.55. The molecule has 1 aromatic heterocycles. The van der Waals surface area contributed by atoms with E-state index in [1.165, 1.54) is 10.9 Å². The van der Waals surface area contributed by atoms with Gasteiger partial charge in [-0.3, -0.25) is 4.68 Å². The van der Waals surface area contributed by atoms with Crippen LogP contribution in [0, 0.1) is 6.92 Å². The van der Waals surface area contributed by atoms with Crippen molar-refractivity contribution in [2.24, 2.45) is 0 Å². The van der Waals surface area contributed by atoms with Crippen LogP contribution in [0.4, 0.5) is 0 Å². The minimum atomic E-state index is 0.939. The van der Waals surface area contributed by atoms with Gasteiger partial charge in [-0.15, -0.1) is 0 Å². The lowest BCUT2D eigenvalue weighted by molar-refractivity contribution is 0.668. The van der Waals surface area contributed by atoms with E-state index in [-0.39, 0.29) is 0 Å². The molecule has 0 saturated carbocycles. The van der Waals surface area contributed by atoms with Crippen molar-refractivity contribution >= 4 is 10.9 Å². The topological polar surface area (TPSA) is 17.8 Å². The molecule has 0 fully saturated rings. The summed E-state index contributed by atoms with van der Waals surface area (Å²) in [7, 11) is 0. The molecule has 0 radical (unpaired) electrons. The lowest BCUT2D eigenvalue weighted by atomic mass is 10.1. The number of nitrogens with zero attached hydrogens (tertiary/aromatic N) is 2. The normalized spacial score (nSPS) is 10.8. The number of aromatic nitrogens is 2. The fourth-order valence-electron chi connectivity index (χ4n) is 1.40. The fourth-order valence-corrected chi connectivity index (χ4v) is 1.40. The molecule has 0 saturated heterocycles. The largest absolute Gasteiger partial charge is 0.272 e. The van der Waals surface area contributed by atoms with E-state index in [1.807, 2.05) is 10.7 Å². The molecular weight excluding hydrogens is 148 g/mol. The number of rotatable bonds is 1. The van der Waals surface area contributed by atoms with E-state index in [4.69, 9.17) is 0 Å². The molecule has 2 heteroatoms. The Balaban J connectivity index is 2.74. The molecule has 0 aliphatic carbocycles. The maximum absolute atomic E-state index is 4.41. The molecule has 12 heavy (non-hydrogen) atoms. The first-order valence-electron chi connectivity index (χ1n) is 4.24. The smallest absolute Gasteiger partial charge is 0.0925 e. The van der Waals surface area contributed by atoms with Gasteiger partial charge in [-0.2, -0.15) is 5.10 Å². The Morgan fingerprint density at radius 2 is 2.25 bits per heavy atom. The molecule has 0 amide bonds. The van der Waals surface area contributed by atoms with Gasteiger partial charge in [0.2, 0.25) is 0 Å². The summed E-state index contributed by atoms with van der Waals surface area (Å²) in [6.45, 7) is 5.15. The van der Waals surface area contributed by atoms with Crippen molar-refractivity contribution in [2.75, 3.05) is 0 Å². The third-order valence-corrected chi connectivity index (χ3v) is 2.14. The summed E-state index contributed by atoms with van der Waals surface area (Å²) in [6.07, 6.45) is 2.10. The molecular formula is C10H12N2. The van der Waals surface area contributed by atoms with Gasteiger partial charge in [0.05, 0.1) is 5.52 Å². The van der Waals surface area contributed by atoms with Crippen molar-refractivity contribution in [1.29, 1.82) is 0 Å². The second-order valence-electron chi connectivity index (χ2n) is 2.99. The summed E-state index contributed by atoms with van der Waals surface area (Å²) in [5, 5.41) is 5.67. The van der Waals surface area contributed by atoms with Crippen LogP contribution < -0.4 is 0 Å². The first kappa shape index (κ1) is 7.35. The summed E-state index contributed by atoms with van der Waals surface area (Å²) in [6, 6.07) is 6.21. The molecule has 0 unspecified atom stereocenters. The zero-order valence-electron chi connectivity index (χ0n) is 7.41. The van der Waals surface area contributed by atoms with E-state index in [0.29, 0.717) is 0 Å². The van der Waals surface area contributed by atoms with Crippen molar-refractivity contribution in [3.05, 3.63) is 30.0 Å². The van der Waals surface area contributed by atoms with Crippen molar-refractivity contribution in [3.8, 4) is 0 Å². The molecule has 1 heterocycles. The Bertz CT molecular complexity index is 401. The molecule has 0 atom stereocenters. The van der Waals surface area contributed by atoms with Crippen LogP contribution in [-0.4, -0.2) is 9.78 Å². The number of fused-ring (bicyclic) bond motifs is 1. The van der Waals surface area contributed by atoms with Crippen LogP contribution in [0.5, 0.6) is 0 Å². The van der Waals surface area contributed by atoms with E-state index in [0.717, 1.165) is 12.1 Å². The third kappa shape index (κ3) is 0.998. The van der Waals surface area contributed by atoms with E-state index in [1.54, 1.807) is 0 Å². The van der Waals surface area contributed by atoms with Gasteiger partial charge in [-0.05, 0) is 25.5 Å². The predicted molar refractivity (Wildman–Crippen MR) is 50.1 cm³/mol. The quantitative estimate of drug-likeness (QED) is 0.626. The third-order valence-electron chi connectivity index (χ3n) is 2.14. The monoisotopic (exact) mass is 160 g/mol. The summed E-state index contributed by atoms with van der Waals surface area (Å²) < 4.78 is 1.97. The molecule has 0 spiro atoms. The molecule has 1 aromatic carbocycles. The molecule has 0 aliphatic heterocycles. The van der Waals surface area contributed by atoms with E-state index in [9.17, 15) is 0 Å². The summed E-state index contributed by atoms with van der Waals surface area (Å²) >= 11 is 0. The van der Waals surface area contributed by atoms with Gasteiger partial charge in [-0.1, -0.05) is 12.1 Å². The zero-order valence-corrected chi connectivity index (χ0v) is 7.41. The highest BCUT2D eigenvalue weighted by atomic mass is 15.3. The van der Waals surface area contributed by atoms with E-state index in [2.05, 4.69) is 37.3 Å². The van der Waals surface area contributed by atoms with E-state index < -0.39 is 0 Å². The fraction of sp³-hybridized carbons (Fsp3) is 0.300. The number of hydrogen-bond donors (Lipinski definition) is 0. The predicted octanol–water partition coefficient (Wildman–Crippen LogP) is 2.36. The minimum absolute atomic E-state index is 0.939. The average molecular weight is 160 g/mol. The van der Waals surface area contributed by atoms with Crippen molar-refractivity contribution in [1.82, 2.24) is 9.78 Å². The van der Waals surface area contributed by atoms with Crippen LogP contribution in [0.25, 0.3) is 10.9 Å². The van der Waals surface area contributed by atoms with Crippen LogP contribution in [0.3, 0.4) is 0 Å². The molecule has 0 aliphatic rings. The molecule has 0 N–H and O–H groups in total. The van der Waals surface area contributed by atoms with E-state index >= 15 is 0 Å². The van der Waals surface area contributed by atoms with Crippen LogP contribution in [-0.2, 0) is 6.54 Å². The molecule has 62 valence electrons. The average Bonchev–Trinajstić information content (AvgIpc) is 2.49. The Morgan fingerprint density at radius 3 is 2.92 bits per heavy atom. The Kier molecular flexibility index (Phi) is 1.61. The maximum Gasteiger partial charge on any atom is 0.0925 e. The Morgan fingerprint density at radius 1 is 1.42 bits per heavy atom. The van der Waals surface area contributed by atoms with Gasteiger partial charge in [0.1, 0.15) is 0 Å².